The highest BCUT2D eigenvalue weighted by molar-refractivity contribution is 7.89. The molecule has 1 amide bonds. The van der Waals surface area contributed by atoms with Crippen LogP contribution in [0.4, 0.5) is 11.4 Å². The normalized spacial score (nSPS) is 18.8. The van der Waals surface area contributed by atoms with Gasteiger partial charge in [-0.05, 0) is 61.4 Å². The maximum atomic E-state index is 13.6. The van der Waals surface area contributed by atoms with Gasteiger partial charge in [0.05, 0.1) is 5.69 Å². The molecule has 6 nitrogen and oxygen atoms in total. The van der Waals surface area contributed by atoms with E-state index >= 15 is 0 Å². The largest absolute Gasteiger partial charge is 0.370 e. The monoisotopic (exact) mass is 481 g/mol. The lowest BCUT2D eigenvalue weighted by molar-refractivity contribution is -0.114. The van der Waals surface area contributed by atoms with E-state index in [0.717, 1.165) is 50.8 Å². The SMILES string of the molecule is O=C(Nc1ccc(N2CCCC2)c(S(=O)(=O)N[C@H]2CCCc3ccccc32)c1)C(Cl)Cl. The predicted molar refractivity (Wildman–Crippen MR) is 124 cm³/mol. The van der Waals surface area contributed by atoms with Crippen molar-refractivity contribution in [3.05, 3.63) is 53.6 Å². The fourth-order valence-electron chi connectivity index (χ4n) is 4.35. The zero-order valence-corrected chi connectivity index (χ0v) is 19.3. The number of nitrogens with one attached hydrogen (secondary N) is 2. The number of carbonyl (C=O) groups is 1. The Bertz CT molecular complexity index is 1070. The highest BCUT2D eigenvalue weighted by Crippen LogP contribution is 2.35. The second-order valence-electron chi connectivity index (χ2n) is 7.93. The summed E-state index contributed by atoms with van der Waals surface area (Å²) in [6.45, 7) is 1.60. The molecule has 2 aliphatic rings. The number of alkyl halides is 2. The number of amides is 1. The van der Waals surface area contributed by atoms with Gasteiger partial charge in [0.1, 0.15) is 4.90 Å². The second-order valence-corrected chi connectivity index (χ2v) is 10.7. The van der Waals surface area contributed by atoms with E-state index in [-0.39, 0.29) is 10.9 Å². The topological polar surface area (TPSA) is 78.5 Å². The molecule has 0 saturated carbocycles. The van der Waals surface area contributed by atoms with Crippen LogP contribution in [-0.4, -0.2) is 32.3 Å². The molecular weight excluding hydrogens is 457 g/mol. The standard InChI is InChI=1S/C22H25Cl2N3O3S/c23-21(24)22(28)25-16-10-11-19(27-12-3-4-13-27)20(14-16)31(29,30)26-18-9-5-7-15-6-1-2-8-17(15)18/h1-2,6,8,10-11,14,18,21,26H,3-5,7,9,12-13H2,(H,25,28)/t18-/m0/s1. The van der Waals surface area contributed by atoms with Crippen molar-refractivity contribution in [2.24, 2.45) is 0 Å². The van der Waals surface area contributed by atoms with E-state index in [9.17, 15) is 13.2 Å². The average molecular weight is 482 g/mol. The minimum absolute atomic E-state index is 0.149. The first kappa shape index (κ1) is 22.4. The zero-order chi connectivity index (χ0) is 22.0. The summed E-state index contributed by atoms with van der Waals surface area (Å²) in [7, 11) is -3.86. The van der Waals surface area contributed by atoms with Crippen LogP contribution in [0.15, 0.2) is 47.4 Å². The molecule has 1 fully saturated rings. The van der Waals surface area contributed by atoms with Gasteiger partial charge in [-0.25, -0.2) is 13.1 Å². The van der Waals surface area contributed by atoms with E-state index in [1.165, 1.54) is 11.6 Å². The minimum atomic E-state index is -3.86. The van der Waals surface area contributed by atoms with Crippen molar-refractivity contribution < 1.29 is 13.2 Å². The van der Waals surface area contributed by atoms with Gasteiger partial charge >= 0.3 is 0 Å². The van der Waals surface area contributed by atoms with E-state index in [0.29, 0.717) is 11.4 Å². The Morgan fingerprint density at radius 3 is 2.55 bits per heavy atom. The third-order valence-electron chi connectivity index (χ3n) is 5.83. The molecule has 0 bridgehead atoms. The van der Waals surface area contributed by atoms with E-state index in [1.807, 2.05) is 18.2 Å². The number of anilines is 2. The van der Waals surface area contributed by atoms with Crippen molar-refractivity contribution in [3.63, 3.8) is 0 Å². The summed E-state index contributed by atoms with van der Waals surface area (Å²) in [5.41, 5.74) is 3.18. The van der Waals surface area contributed by atoms with Crippen LogP contribution in [0.25, 0.3) is 0 Å². The molecule has 1 atom stereocenters. The molecule has 31 heavy (non-hydrogen) atoms. The van der Waals surface area contributed by atoms with Crippen LogP contribution < -0.4 is 14.9 Å². The molecule has 2 aromatic rings. The lowest BCUT2D eigenvalue weighted by Gasteiger charge is -2.28. The first-order valence-electron chi connectivity index (χ1n) is 10.4. The summed E-state index contributed by atoms with van der Waals surface area (Å²) in [5.74, 6) is -0.602. The average Bonchev–Trinajstić information content (AvgIpc) is 3.28. The highest BCUT2D eigenvalue weighted by atomic mass is 35.5. The number of hydrogen-bond acceptors (Lipinski definition) is 4. The van der Waals surface area contributed by atoms with Crippen molar-refractivity contribution >= 4 is 50.5 Å². The second kappa shape index (κ2) is 9.36. The summed E-state index contributed by atoms with van der Waals surface area (Å²) in [6.07, 6.45) is 4.65. The lowest BCUT2D eigenvalue weighted by atomic mass is 9.88. The zero-order valence-electron chi connectivity index (χ0n) is 17.0. The molecule has 0 unspecified atom stereocenters. The van der Waals surface area contributed by atoms with Crippen molar-refractivity contribution in [1.29, 1.82) is 0 Å². The number of benzene rings is 2. The lowest BCUT2D eigenvalue weighted by Crippen LogP contribution is -2.32. The van der Waals surface area contributed by atoms with Crippen molar-refractivity contribution in [2.45, 2.75) is 47.9 Å². The smallest absolute Gasteiger partial charge is 0.257 e. The Hall–Kier alpha value is -1.80. The maximum absolute atomic E-state index is 13.6. The van der Waals surface area contributed by atoms with Crippen molar-refractivity contribution in [3.8, 4) is 0 Å². The summed E-state index contributed by atoms with van der Waals surface area (Å²) < 4.78 is 30.0. The molecule has 166 valence electrons. The predicted octanol–water partition coefficient (Wildman–Crippen LogP) is 4.38. The Kier molecular flexibility index (Phi) is 6.77. The molecule has 4 rings (SSSR count). The van der Waals surface area contributed by atoms with Gasteiger partial charge in [-0.2, -0.15) is 0 Å². The number of halogens is 2. The molecule has 2 aromatic carbocycles. The molecule has 9 heteroatoms. The van der Waals surface area contributed by atoms with Crippen LogP contribution in [0.2, 0.25) is 0 Å². The van der Waals surface area contributed by atoms with Crippen LogP contribution in [0.3, 0.4) is 0 Å². The number of carbonyl (C=O) groups excluding carboxylic acids is 1. The van der Waals surface area contributed by atoms with Gasteiger partial charge < -0.3 is 10.2 Å². The fourth-order valence-corrected chi connectivity index (χ4v) is 5.96. The Labute approximate surface area is 193 Å². The fraction of sp³-hybridized carbons (Fsp3) is 0.409. The molecule has 0 aromatic heterocycles. The van der Waals surface area contributed by atoms with Crippen LogP contribution in [0, 0.1) is 0 Å². The Morgan fingerprint density at radius 2 is 1.81 bits per heavy atom. The first-order valence-corrected chi connectivity index (χ1v) is 12.8. The number of fused-ring (bicyclic) bond motifs is 1. The van der Waals surface area contributed by atoms with Gasteiger partial charge in [-0.15, -0.1) is 0 Å². The highest BCUT2D eigenvalue weighted by Gasteiger charge is 2.29. The van der Waals surface area contributed by atoms with Gasteiger partial charge in [0.15, 0.2) is 4.84 Å². The maximum Gasteiger partial charge on any atom is 0.257 e. The van der Waals surface area contributed by atoms with Crippen LogP contribution in [-0.2, 0) is 21.2 Å². The molecule has 1 aliphatic heterocycles. The minimum Gasteiger partial charge on any atom is -0.370 e. The molecule has 1 saturated heterocycles. The molecule has 2 N–H and O–H groups in total. The molecule has 0 radical (unpaired) electrons. The number of hydrogen-bond donors (Lipinski definition) is 2. The van der Waals surface area contributed by atoms with E-state index < -0.39 is 20.8 Å². The van der Waals surface area contributed by atoms with Gasteiger partial charge in [0, 0.05) is 24.8 Å². The molecule has 1 aliphatic carbocycles. The third-order valence-corrected chi connectivity index (χ3v) is 7.73. The number of nitrogens with zero attached hydrogens (tertiary/aromatic N) is 1. The Morgan fingerprint density at radius 1 is 1.06 bits per heavy atom. The Balaban J connectivity index is 1.69. The summed E-state index contributed by atoms with van der Waals surface area (Å²) in [4.78, 5) is 12.9. The quantitative estimate of drug-likeness (QED) is 0.599. The van der Waals surface area contributed by atoms with Crippen LogP contribution in [0.1, 0.15) is 42.9 Å². The molecular formula is C22H25Cl2N3O3S. The van der Waals surface area contributed by atoms with E-state index in [1.54, 1.807) is 12.1 Å². The number of sulfonamides is 1. The third kappa shape index (κ3) is 5.00. The molecule has 0 spiro atoms. The van der Waals surface area contributed by atoms with Crippen LogP contribution >= 0.6 is 23.2 Å². The number of aryl methyl sites for hydroxylation is 1. The van der Waals surface area contributed by atoms with Gasteiger partial charge in [-0.1, -0.05) is 47.5 Å². The van der Waals surface area contributed by atoms with Gasteiger partial charge in [0.2, 0.25) is 10.0 Å². The number of rotatable bonds is 6. The van der Waals surface area contributed by atoms with Crippen molar-refractivity contribution in [1.82, 2.24) is 4.72 Å². The summed E-state index contributed by atoms with van der Waals surface area (Å²) in [6, 6.07) is 12.6. The van der Waals surface area contributed by atoms with E-state index in [2.05, 4.69) is 21.0 Å². The van der Waals surface area contributed by atoms with Gasteiger partial charge in [-0.3, -0.25) is 4.79 Å². The summed E-state index contributed by atoms with van der Waals surface area (Å²) in [5, 5.41) is 2.58. The molecule has 1 heterocycles. The van der Waals surface area contributed by atoms with Crippen molar-refractivity contribution in [2.75, 3.05) is 23.3 Å². The first-order chi connectivity index (χ1) is 14.8. The van der Waals surface area contributed by atoms with E-state index in [4.69, 9.17) is 23.2 Å². The summed E-state index contributed by atoms with van der Waals surface area (Å²) >= 11 is 11.3. The van der Waals surface area contributed by atoms with Crippen LogP contribution in [0.5, 0.6) is 0 Å². The van der Waals surface area contributed by atoms with Gasteiger partial charge in [0.25, 0.3) is 5.91 Å².